The van der Waals surface area contributed by atoms with Gasteiger partial charge in [-0.25, -0.2) is 0 Å². The van der Waals surface area contributed by atoms with Gasteiger partial charge in [0.1, 0.15) is 0 Å². The fourth-order valence-corrected chi connectivity index (χ4v) is 2.37. The molecule has 2 unspecified atom stereocenters. The van der Waals surface area contributed by atoms with E-state index in [1.807, 2.05) is 4.68 Å². The first-order valence-electron chi connectivity index (χ1n) is 7.35. The molecule has 0 saturated carbocycles. The van der Waals surface area contributed by atoms with Crippen LogP contribution in [0.2, 0.25) is 0 Å². The van der Waals surface area contributed by atoms with Gasteiger partial charge in [0.05, 0.1) is 5.69 Å². The second-order valence-electron chi connectivity index (χ2n) is 5.31. The smallest absolute Gasteiger partial charge is 0.0624 e. The number of aryl methyl sites for hydroxylation is 2. The molecule has 1 N–H and O–H groups in total. The molecule has 1 heterocycles. The van der Waals surface area contributed by atoms with Gasteiger partial charge in [-0.3, -0.25) is 4.68 Å². The van der Waals surface area contributed by atoms with Gasteiger partial charge < -0.3 is 5.32 Å². The summed E-state index contributed by atoms with van der Waals surface area (Å²) in [5.41, 5.74) is 2.55. The Balaban J connectivity index is 2.66. The average Bonchev–Trinajstić information content (AvgIpc) is 2.70. The molecule has 3 heteroatoms. The largest absolute Gasteiger partial charge is 0.314 e. The second-order valence-corrected chi connectivity index (χ2v) is 5.31. The Kier molecular flexibility index (Phi) is 6.41. The van der Waals surface area contributed by atoms with Crippen molar-refractivity contribution in [1.29, 1.82) is 0 Å². The van der Waals surface area contributed by atoms with E-state index in [0.717, 1.165) is 25.3 Å². The molecule has 0 aliphatic carbocycles. The van der Waals surface area contributed by atoms with E-state index in [9.17, 15) is 0 Å². The highest BCUT2D eigenvalue weighted by Gasteiger charge is 2.14. The van der Waals surface area contributed by atoms with Crippen molar-refractivity contribution in [3.8, 4) is 0 Å². The van der Waals surface area contributed by atoms with E-state index < -0.39 is 0 Å². The predicted octanol–water partition coefficient (Wildman–Crippen LogP) is 2.94. The first-order valence-corrected chi connectivity index (χ1v) is 7.35. The van der Waals surface area contributed by atoms with Crippen LogP contribution in [0, 0.1) is 5.92 Å². The molecule has 3 nitrogen and oxygen atoms in total. The molecule has 0 bridgehead atoms. The van der Waals surface area contributed by atoms with E-state index in [-0.39, 0.29) is 0 Å². The summed E-state index contributed by atoms with van der Waals surface area (Å²) in [6.07, 6.45) is 4.61. The lowest BCUT2D eigenvalue weighted by Gasteiger charge is -2.21. The molecule has 1 rings (SSSR count). The van der Waals surface area contributed by atoms with Crippen molar-refractivity contribution in [2.24, 2.45) is 13.0 Å². The number of hydrogen-bond donors (Lipinski definition) is 1. The molecule has 18 heavy (non-hydrogen) atoms. The number of nitrogens with one attached hydrogen (secondary N) is 1. The molecule has 104 valence electrons. The van der Waals surface area contributed by atoms with Crippen molar-refractivity contribution in [3.63, 3.8) is 0 Å². The average molecular weight is 251 g/mol. The van der Waals surface area contributed by atoms with Crippen LogP contribution in [0.15, 0.2) is 6.07 Å². The maximum atomic E-state index is 4.53. The topological polar surface area (TPSA) is 29.9 Å². The summed E-state index contributed by atoms with van der Waals surface area (Å²) in [7, 11) is 2.06. The van der Waals surface area contributed by atoms with Crippen LogP contribution in [0.4, 0.5) is 0 Å². The monoisotopic (exact) mass is 251 g/mol. The zero-order chi connectivity index (χ0) is 13.5. The third kappa shape index (κ3) is 4.45. The van der Waals surface area contributed by atoms with E-state index >= 15 is 0 Å². The number of aromatic nitrogens is 2. The van der Waals surface area contributed by atoms with Crippen LogP contribution >= 0.6 is 0 Å². The van der Waals surface area contributed by atoms with Gasteiger partial charge in [-0.1, -0.05) is 34.1 Å². The number of hydrogen-bond acceptors (Lipinski definition) is 2. The molecule has 0 aromatic carbocycles. The van der Waals surface area contributed by atoms with Crippen molar-refractivity contribution in [3.05, 3.63) is 17.5 Å². The summed E-state index contributed by atoms with van der Waals surface area (Å²) in [6, 6.07) is 2.83. The second kappa shape index (κ2) is 7.57. The maximum Gasteiger partial charge on any atom is 0.0624 e. The normalized spacial score (nSPS) is 14.7. The Labute approximate surface area is 112 Å². The summed E-state index contributed by atoms with van der Waals surface area (Å²) in [5.74, 6) is 0.785. The molecule has 0 fully saturated rings. The van der Waals surface area contributed by atoms with Gasteiger partial charge in [0, 0.05) is 25.2 Å². The van der Waals surface area contributed by atoms with Gasteiger partial charge in [-0.15, -0.1) is 0 Å². The van der Waals surface area contributed by atoms with Gasteiger partial charge in [-0.05, 0) is 31.4 Å². The van der Waals surface area contributed by atoms with Crippen LogP contribution in [0.3, 0.4) is 0 Å². The van der Waals surface area contributed by atoms with Crippen molar-refractivity contribution in [2.75, 3.05) is 6.54 Å². The zero-order valence-corrected chi connectivity index (χ0v) is 12.7. The molecule has 0 aliphatic heterocycles. The summed E-state index contributed by atoms with van der Waals surface area (Å²) in [4.78, 5) is 0. The van der Waals surface area contributed by atoms with E-state index in [0.29, 0.717) is 6.04 Å². The molecule has 0 amide bonds. The summed E-state index contributed by atoms with van der Waals surface area (Å²) in [6.45, 7) is 9.99. The van der Waals surface area contributed by atoms with Crippen LogP contribution in [0.25, 0.3) is 0 Å². The first-order chi connectivity index (χ1) is 8.60. The van der Waals surface area contributed by atoms with Gasteiger partial charge in [-0.2, -0.15) is 5.10 Å². The van der Waals surface area contributed by atoms with E-state index in [1.165, 1.54) is 24.2 Å². The Hall–Kier alpha value is -0.830. The fourth-order valence-electron chi connectivity index (χ4n) is 2.37. The molecule has 1 aromatic rings. The molecular formula is C15H29N3. The minimum absolute atomic E-state index is 0.574. The zero-order valence-electron chi connectivity index (χ0n) is 12.7. The van der Waals surface area contributed by atoms with Crippen molar-refractivity contribution >= 4 is 0 Å². The molecule has 0 saturated heterocycles. The van der Waals surface area contributed by atoms with Gasteiger partial charge in [0.25, 0.3) is 0 Å². The third-order valence-corrected chi connectivity index (χ3v) is 3.72. The molecule has 0 radical (unpaired) electrons. The van der Waals surface area contributed by atoms with E-state index in [2.05, 4.69) is 51.2 Å². The molecule has 1 aromatic heterocycles. The minimum Gasteiger partial charge on any atom is -0.314 e. The lowest BCUT2D eigenvalue weighted by molar-refractivity contribution is 0.391. The number of rotatable bonds is 8. The fraction of sp³-hybridized carbons (Fsp3) is 0.800. The first kappa shape index (κ1) is 15.2. The molecule has 0 aliphatic rings. The van der Waals surface area contributed by atoms with Crippen LogP contribution in [-0.4, -0.2) is 22.4 Å². The number of likely N-dealkylation sites (N-methyl/N-ethyl adjacent to an activating group) is 1. The van der Waals surface area contributed by atoms with Gasteiger partial charge >= 0.3 is 0 Å². The van der Waals surface area contributed by atoms with Crippen LogP contribution in [0.5, 0.6) is 0 Å². The molecular weight excluding hydrogens is 222 g/mol. The third-order valence-electron chi connectivity index (χ3n) is 3.72. The Morgan fingerprint density at radius 3 is 2.56 bits per heavy atom. The van der Waals surface area contributed by atoms with Gasteiger partial charge in [0.2, 0.25) is 0 Å². The van der Waals surface area contributed by atoms with Crippen LogP contribution in [-0.2, 0) is 19.9 Å². The SMILES string of the molecule is CCNC(Cc1cc(CC)nn1C)CC(C)CC. The quantitative estimate of drug-likeness (QED) is 0.770. The lowest BCUT2D eigenvalue weighted by Crippen LogP contribution is -2.33. The Bertz CT molecular complexity index is 344. The predicted molar refractivity (Wildman–Crippen MR) is 77.8 cm³/mol. The lowest BCUT2D eigenvalue weighted by atomic mass is 9.96. The molecule has 0 spiro atoms. The van der Waals surface area contributed by atoms with E-state index in [1.54, 1.807) is 0 Å². The van der Waals surface area contributed by atoms with Crippen molar-refractivity contribution < 1.29 is 0 Å². The minimum atomic E-state index is 0.574. The number of nitrogens with zero attached hydrogens (tertiary/aromatic N) is 2. The van der Waals surface area contributed by atoms with Crippen molar-refractivity contribution in [1.82, 2.24) is 15.1 Å². The van der Waals surface area contributed by atoms with Crippen molar-refractivity contribution in [2.45, 2.75) is 59.4 Å². The molecule has 2 atom stereocenters. The van der Waals surface area contributed by atoms with Crippen LogP contribution in [0.1, 0.15) is 51.9 Å². The highest BCUT2D eigenvalue weighted by molar-refractivity contribution is 5.11. The van der Waals surface area contributed by atoms with E-state index in [4.69, 9.17) is 0 Å². The Morgan fingerprint density at radius 1 is 1.33 bits per heavy atom. The summed E-state index contributed by atoms with van der Waals surface area (Å²) < 4.78 is 2.04. The summed E-state index contributed by atoms with van der Waals surface area (Å²) >= 11 is 0. The highest BCUT2D eigenvalue weighted by atomic mass is 15.3. The highest BCUT2D eigenvalue weighted by Crippen LogP contribution is 2.14. The maximum absolute atomic E-state index is 4.53. The van der Waals surface area contributed by atoms with Gasteiger partial charge in [0.15, 0.2) is 0 Å². The standard InChI is InChI=1S/C15H29N3/c1-6-12(4)9-14(16-8-3)11-15-10-13(7-2)17-18(15)5/h10,12,14,16H,6-9,11H2,1-5H3. The summed E-state index contributed by atoms with van der Waals surface area (Å²) in [5, 5.41) is 8.14. The van der Waals surface area contributed by atoms with Crippen LogP contribution < -0.4 is 5.32 Å². The Morgan fingerprint density at radius 2 is 2.06 bits per heavy atom.